The van der Waals surface area contributed by atoms with Crippen molar-refractivity contribution in [1.82, 2.24) is 0 Å². The minimum absolute atomic E-state index is 1.18. The highest BCUT2D eigenvalue weighted by Crippen LogP contribution is 2.32. The first-order chi connectivity index (χ1) is 7.77. The molecule has 2 aromatic carbocycles. The molecule has 0 fully saturated rings. The Balaban J connectivity index is 2.49. The fraction of sp³-hybridized carbons (Fsp3) is 0.250. The van der Waals surface area contributed by atoms with Crippen LogP contribution in [0.15, 0.2) is 30.3 Å². The van der Waals surface area contributed by atoms with Crippen LogP contribution in [0.1, 0.15) is 28.7 Å². The van der Waals surface area contributed by atoms with Gasteiger partial charge in [0.2, 0.25) is 0 Å². The van der Waals surface area contributed by atoms with E-state index in [2.05, 4.69) is 50.3 Å². The second kappa shape index (κ2) is 3.48. The quantitative estimate of drug-likeness (QED) is 0.601. The average Bonchev–Trinajstić information content (AvgIpc) is 2.29. The van der Waals surface area contributed by atoms with E-state index in [0.717, 1.165) is 0 Å². The van der Waals surface area contributed by atoms with E-state index in [0.29, 0.717) is 0 Å². The second-order valence-electron chi connectivity index (χ2n) is 4.70. The van der Waals surface area contributed by atoms with E-state index in [9.17, 15) is 0 Å². The van der Waals surface area contributed by atoms with Crippen LogP contribution in [0.4, 0.5) is 0 Å². The lowest BCUT2D eigenvalue weighted by atomic mass is 9.88. The topological polar surface area (TPSA) is 0 Å². The Bertz CT molecular complexity index is 589. The van der Waals surface area contributed by atoms with Crippen molar-refractivity contribution in [2.45, 2.75) is 26.7 Å². The molecule has 0 saturated carbocycles. The van der Waals surface area contributed by atoms with Gasteiger partial charge in [-0.3, -0.25) is 0 Å². The molecule has 0 saturated heterocycles. The molecule has 0 amide bonds. The molecule has 0 heterocycles. The van der Waals surface area contributed by atoms with Gasteiger partial charge in [0, 0.05) is 0 Å². The first-order valence-electron chi connectivity index (χ1n) is 5.96. The zero-order valence-corrected chi connectivity index (χ0v) is 9.88. The van der Waals surface area contributed by atoms with Crippen LogP contribution in [0.25, 0.3) is 16.8 Å². The molecule has 0 bridgehead atoms. The van der Waals surface area contributed by atoms with Gasteiger partial charge in [0.1, 0.15) is 0 Å². The van der Waals surface area contributed by atoms with Crippen LogP contribution in [-0.2, 0) is 6.42 Å². The van der Waals surface area contributed by atoms with Crippen molar-refractivity contribution in [3.8, 4) is 0 Å². The van der Waals surface area contributed by atoms with Crippen molar-refractivity contribution < 1.29 is 0 Å². The molecule has 16 heavy (non-hydrogen) atoms. The number of fused-ring (bicyclic) bond motifs is 3. The first kappa shape index (κ1) is 9.65. The maximum Gasteiger partial charge on any atom is -0.0103 e. The highest BCUT2D eigenvalue weighted by atomic mass is 14.2. The van der Waals surface area contributed by atoms with E-state index < -0.39 is 0 Å². The summed E-state index contributed by atoms with van der Waals surface area (Å²) in [5.74, 6) is 0. The summed E-state index contributed by atoms with van der Waals surface area (Å²) in [7, 11) is 0. The zero-order valence-electron chi connectivity index (χ0n) is 9.88. The fourth-order valence-corrected chi connectivity index (χ4v) is 2.84. The summed E-state index contributed by atoms with van der Waals surface area (Å²) in [6.07, 6.45) is 6.96. The highest BCUT2D eigenvalue weighted by molar-refractivity contribution is 5.96. The molecule has 2 aromatic rings. The lowest BCUT2D eigenvalue weighted by Crippen LogP contribution is -1.97. The van der Waals surface area contributed by atoms with Gasteiger partial charge in [-0.2, -0.15) is 0 Å². The molecule has 0 aliphatic heterocycles. The number of hydrogen-bond acceptors (Lipinski definition) is 0. The molecule has 0 nitrogen and oxygen atoms in total. The van der Waals surface area contributed by atoms with Crippen LogP contribution in [0.5, 0.6) is 0 Å². The third-order valence-electron chi connectivity index (χ3n) is 3.56. The Morgan fingerprint density at radius 2 is 1.94 bits per heavy atom. The standard InChI is InChI=1S/C16H16/c1-11-6-5-9-15-14-8-4-3-7-13(14)10-12(2)16(11)15/h4-6,8-10H,3,7H2,1-2H3. The molecule has 0 N–H and O–H groups in total. The Morgan fingerprint density at radius 3 is 2.81 bits per heavy atom. The summed E-state index contributed by atoms with van der Waals surface area (Å²) in [5, 5.41) is 2.86. The largest absolute Gasteiger partial charge is 0.0836 e. The molecule has 0 heteroatoms. The summed E-state index contributed by atoms with van der Waals surface area (Å²) in [4.78, 5) is 0. The second-order valence-corrected chi connectivity index (χ2v) is 4.70. The Kier molecular flexibility index (Phi) is 2.10. The minimum atomic E-state index is 1.18. The third kappa shape index (κ3) is 1.30. The number of rotatable bonds is 0. The SMILES string of the molecule is Cc1cccc2c3c(cc(C)c12)CCC=C3. The van der Waals surface area contributed by atoms with Gasteiger partial charge < -0.3 is 0 Å². The summed E-state index contributed by atoms with van der Waals surface area (Å²) >= 11 is 0. The van der Waals surface area contributed by atoms with Crippen molar-refractivity contribution in [1.29, 1.82) is 0 Å². The molecular formula is C16H16. The molecule has 1 aliphatic rings. The highest BCUT2D eigenvalue weighted by Gasteiger charge is 2.11. The van der Waals surface area contributed by atoms with Crippen LogP contribution < -0.4 is 0 Å². The Hall–Kier alpha value is -1.56. The normalized spacial score (nSPS) is 14.1. The summed E-state index contributed by atoms with van der Waals surface area (Å²) < 4.78 is 0. The zero-order chi connectivity index (χ0) is 11.1. The third-order valence-corrected chi connectivity index (χ3v) is 3.56. The number of benzene rings is 2. The smallest absolute Gasteiger partial charge is 0.0103 e. The van der Waals surface area contributed by atoms with Crippen LogP contribution in [0.2, 0.25) is 0 Å². The van der Waals surface area contributed by atoms with Crippen molar-refractivity contribution in [2.75, 3.05) is 0 Å². The Labute approximate surface area is 96.6 Å². The van der Waals surface area contributed by atoms with Crippen LogP contribution in [-0.4, -0.2) is 0 Å². The van der Waals surface area contributed by atoms with Crippen LogP contribution in [0.3, 0.4) is 0 Å². The van der Waals surface area contributed by atoms with Gasteiger partial charge in [-0.1, -0.05) is 36.4 Å². The predicted octanol–water partition coefficient (Wildman–Crippen LogP) is 4.42. The van der Waals surface area contributed by atoms with Gasteiger partial charge >= 0.3 is 0 Å². The van der Waals surface area contributed by atoms with E-state index in [1.807, 2.05) is 0 Å². The summed E-state index contributed by atoms with van der Waals surface area (Å²) in [6, 6.07) is 8.99. The number of allylic oxidation sites excluding steroid dienone is 1. The monoisotopic (exact) mass is 208 g/mol. The van der Waals surface area contributed by atoms with E-state index in [1.165, 1.54) is 45.9 Å². The van der Waals surface area contributed by atoms with Gasteiger partial charge in [-0.05, 0) is 59.7 Å². The van der Waals surface area contributed by atoms with E-state index in [-0.39, 0.29) is 0 Å². The maximum atomic E-state index is 2.37. The molecular weight excluding hydrogens is 192 g/mol. The lowest BCUT2D eigenvalue weighted by molar-refractivity contribution is 0.987. The van der Waals surface area contributed by atoms with E-state index >= 15 is 0 Å². The average molecular weight is 208 g/mol. The van der Waals surface area contributed by atoms with Crippen molar-refractivity contribution >= 4 is 16.8 Å². The minimum Gasteiger partial charge on any atom is -0.0836 e. The maximum absolute atomic E-state index is 2.37. The van der Waals surface area contributed by atoms with Crippen molar-refractivity contribution in [3.05, 3.63) is 52.6 Å². The molecule has 3 rings (SSSR count). The molecule has 0 spiro atoms. The van der Waals surface area contributed by atoms with Gasteiger partial charge in [0.15, 0.2) is 0 Å². The first-order valence-corrected chi connectivity index (χ1v) is 5.96. The molecule has 0 atom stereocenters. The molecule has 0 aromatic heterocycles. The van der Waals surface area contributed by atoms with Crippen molar-refractivity contribution in [2.24, 2.45) is 0 Å². The lowest BCUT2D eigenvalue weighted by Gasteiger charge is -2.16. The van der Waals surface area contributed by atoms with Crippen LogP contribution in [0, 0.1) is 13.8 Å². The van der Waals surface area contributed by atoms with Gasteiger partial charge in [0.25, 0.3) is 0 Å². The van der Waals surface area contributed by atoms with Gasteiger partial charge in [-0.25, -0.2) is 0 Å². The molecule has 0 unspecified atom stereocenters. The Morgan fingerprint density at radius 1 is 1.06 bits per heavy atom. The molecule has 1 aliphatic carbocycles. The van der Waals surface area contributed by atoms with Gasteiger partial charge in [0.05, 0.1) is 0 Å². The van der Waals surface area contributed by atoms with Crippen LogP contribution >= 0.6 is 0 Å². The van der Waals surface area contributed by atoms with Crippen molar-refractivity contribution in [3.63, 3.8) is 0 Å². The fourth-order valence-electron chi connectivity index (χ4n) is 2.84. The molecule has 80 valence electrons. The van der Waals surface area contributed by atoms with E-state index in [4.69, 9.17) is 0 Å². The van der Waals surface area contributed by atoms with E-state index in [1.54, 1.807) is 0 Å². The molecule has 0 radical (unpaired) electrons. The predicted molar refractivity (Wildman–Crippen MR) is 70.8 cm³/mol. The summed E-state index contributed by atoms with van der Waals surface area (Å²) in [5.41, 5.74) is 5.76. The number of aryl methyl sites for hydroxylation is 3. The number of hydrogen-bond donors (Lipinski definition) is 0. The van der Waals surface area contributed by atoms with Gasteiger partial charge in [-0.15, -0.1) is 0 Å². The summed E-state index contributed by atoms with van der Waals surface area (Å²) in [6.45, 7) is 4.43.